The van der Waals surface area contributed by atoms with E-state index >= 15 is 0 Å². The number of urea groups is 1. The molecular weight excluding hydrogens is 294 g/mol. The minimum Gasteiger partial charge on any atom is -0.352 e. The first-order chi connectivity index (χ1) is 11.0. The van der Waals surface area contributed by atoms with Gasteiger partial charge in [0.25, 0.3) is 5.91 Å². The average molecular weight is 321 g/mol. The lowest BCUT2D eigenvalue weighted by Crippen LogP contribution is -2.49. The Hall–Kier alpha value is -1.59. The van der Waals surface area contributed by atoms with E-state index < -0.39 is 11.6 Å². The van der Waals surface area contributed by atoms with Crippen molar-refractivity contribution in [1.29, 1.82) is 0 Å². The van der Waals surface area contributed by atoms with Gasteiger partial charge in [0, 0.05) is 6.04 Å². The van der Waals surface area contributed by atoms with Gasteiger partial charge in [0.05, 0.1) is 0 Å². The third-order valence-electron chi connectivity index (χ3n) is 5.64. The van der Waals surface area contributed by atoms with Crippen LogP contribution in [0.5, 0.6) is 0 Å². The zero-order chi connectivity index (χ0) is 16.4. The normalized spacial score (nSPS) is 30.4. The molecule has 0 radical (unpaired) electrons. The van der Waals surface area contributed by atoms with Gasteiger partial charge in [0.15, 0.2) is 0 Å². The SMILES string of the molecule is CC1CCC(NC(=O)CN2C(=O)NC3(CCCCC3)C2=O)CC1. The lowest BCUT2D eigenvalue weighted by Gasteiger charge is -2.30. The summed E-state index contributed by atoms with van der Waals surface area (Å²) in [7, 11) is 0. The van der Waals surface area contributed by atoms with Crippen molar-refractivity contribution in [1.82, 2.24) is 15.5 Å². The highest BCUT2D eigenvalue weighted by atomic mass is 16.2. The molecule has 2 saturated carbocycles. The molecule has 0 bridgehead atoms. The fraction of sp³-hybridized carbons (Fsp3) is 0.824. The molecule has 23 heavy (non-hydrogen) atoms. The van der Waals surface area contributed by atoms with Crippen LogP contribution in [0, 0.1) is 5.92 Å². The monoisotopic (exact) mass is 321 g/mol. The third-order valence-corrected chi connectivity index (χ3v) is 5.64. The summed E-state index contributed by atoms with van der Waals surface area (Å²) in [5.41, 5.74) is -0.740. The average Bonchev–Trinajstić information content (AvgIpc) is 2.75. The van der Waals surface area contributed by atoms with E-state index in [4.69, 9.17) is 0 Å². The molecule has 0 aromatic heterocycles. The van der Waals surface area contributed by atoms with E-state index in [2.05, 4.69) is 17.6 Å². The maximum absolute atomic E-state index is 12.6. The summed E-state index contributed by atoms with van der Waals surface area (Å²) < 4.78 is 0. The molecule has 2 aliphatic carbocycles. The van der Waals surface area contributed by atoms with Gasteiger partial charge in [-0.3, -0.25) is 14.5 Å². The standard InChI is InChI=1S/C17H27N3O3/c1-12-5-7-13(8-6-12)18-14(21)11-20-15(22)17(19-16(20)23)9-3-2-4-10-17/h12-13H,2-11H2,1H3,(H,18,21)(H,19,23). The number of nitrogens with one attached hydrogen (secondary N) is 2. The summed E-state index contributed by atoms with van der Waals surface area (Å²) in [6.45, 7) is 2.08. The third kappa shape index (κ3) is 3.35. The van der Waals surface area contributed by atoms with Crippen molar-refractivity contribution in [3.05, 3.63) is 0 Å². The van der Waals surface area contributed by atoms with E-state index in [-0.39, 0.29) is 24.4 Å². The summed E-state index contributed by atoms with van der Waals surface area (Å²) in [4.78, 5) is 38.1. The molecule has 1 aliphatic heterocycles. The zero-order valence-corrected chi connectivity index (χ0v) is 13.9. The van der Waals surface area contributed by atoms with Crippen LogP contribution in [0.3, 0.4) is 0 Å². The molecule has 0 aromatic carbocycles. The van der Waals surface area contributed by atoms with Crippen LogP contribution in [0.25, 0.3) is 0 Å². The highest BCUT2D eigenvalue weighted by Crippen LogP contribution is 2.33. The molecule has 4 amide bonds. The number of imide groups is 1. The molecule has 3 fully saturated rings. The van der Waals surface area contributed by atoms with Crippen LogP contribution in [0.15, 0.2) is 0 Å². The highest BCUT2D eigenvalue weighted by molar-refractivity contribution is 6.09. The molecule has 1 saturated heterocycles. The van der Waals surface area contributed by atoms with Crippen LogP contribution in [0.2, 0.25) is 0 Å². The highest BCUT2D eigenvalue weighted by Gasteiger charge is 2.51. The minimum atomic E-state index is -0.740. The number of rotatable bonds is 3. The van der Waals surface area contributed by atoms with Crippen LogP contribution in [0.4, 0.5) is 4.79 Å². The Morgan fingerprint density at radius 1 is 1.17 bits per heavy atom. The molecule has 0 atom stereocenters. The second-order valence-electron chi connectivity index (χ2n) is 7.49. The molecule has 1 heterocycles. The van der Waals surface area contributed by atoms with Gasteiger partial charge in [0.1, 0.15) is 12.1 Å². The maximum atomic E-state index is 12.6. The quantitative estimate of drug-likeness (QED) is 0.780. The number of amides is 4. The molecule has 0 aromatic rings. The van der Waals surface area contributed by atoms with Crippen LogP contribution in [-0.2, 0) is 9.59 Å². The fourth-order valence-electron chi connectivity index (χ4n) is 4.14. The second-order valence-corrected chi connectivity index (χ2v) is 7.49. The Bertz CT molecular complexity index is 491. The van der Waals surface area contributed by atoms with Crippen LogP contribution >= 0.6 is 0 Å². The van der Waals surface area contributed by atoms with Crippen molar-refractivity contribution in [2.24, 2.45) is 5.92 Å². The topological polar surface area (TPSA) is 78.5 Å². The van der Waals surface area contributed by atoms with Gasteiger partial charge in [-0.1, -0.05) is 26.2 Å². The Morgan fingerprint density at radius 3 is 2.48 bits per heavy atom. The van der Waals surface area contributed by atoms with Crippen molar-refractivity contribution in [2.75, 3.05) is 6.54 Å². The Kier molecular flexibility index (Phi) is 4.60. The van der Waals surface area contributed by atoms with Gasteiger partial charge in [-0.15, -0.1) is 0 Å². The van der Waals surface area contributed by atoms with Crippen molar-refractivity contribution >= 4 is 17.8 Å². The first-order valence-electron chi connectivity index (χ1n) is 8.94. The molecular formula is C17H27N3O3. The molecule has 6 heteroatoms. The maximum Gasteiger partial charge on any atom is 0.325 e. The largest absolute Gasteiger partial charge is 0.352 e. The molecule has 3 rings (SSSR count). The lowest BCUT2D eigenvalue weighted by atomic mass is 9.82. The van der Waals surface area contributed by atoms with Crippen LogP contribution < -0.4 is 10.6 Å². The number of nitrogens with zero attached hydrogens (tertiary/aromatic N) is 1. The number of hydrogen-bond donors (Lipinski definition) is 2. The van der Waals surface area contributed by atoms with E-state index in [1.54, 1.807) is 0 Å². The Labute approximate surface area is 137 Å². The van der Waals surface area contributed by atoms with Gasteiger partial charge < -0.3 is 10.6 Å². The van der Waals surface area contributed by atoms with Gasteiger partial charge in [0.2, 0.25) is 5.91 Å². The Morgan fingerprint density at radius 2 is 1.83 bits per heavy atom. The molecule has 2 N–H and O–H groups in total. The zero-order valence-electron chi connectivity index (χ0n) is 13.9. The van der Waals surface area contributed by atoms with E-state index in [1.165, 1.54) is 0 Å². The van der Waals surface area contributed by atoms with Crippen molar-refractivity contribution in [3.63, 3.8) is 0 Å². The molecule has 0 unspecified atom stereocenters. The van der Waals surface area contributed by atoms with E-state index in [1.807, 2.05) is 0 Å². The number of carbonyl (C=O) groups excluding carboxylic acids is 3. The van der Waals surface area contributed by atoms with Gasteiger partial charge >= 0.3 is 6.03 Å². The first-order valence-corrected chi connectivity index (χ1v) is 8.94. The smallest absolute Gasteiger partial charge is 0.325 e. The summed E-state index contributed by atoms with van der Waals surface area (Å²) in [6.07, 6.45) is 8.60. The fourth-order valence-corrected chi connectivity index (χ4v) is 4.14. The van der Waals surface area contributed by atoms with E-state index in [0.29, 0.717) is 12.8 Å². The van der Waals surface area contributed by atoms with E-state index in [9.17, 15) is 14.4 Å². The van der Waals surface area contributed by atoms with Gasteiger partial charge in [-0.2, -0.15) is 0 Å². The van der Waals surface area contributed by atoms with Crippen molar-refractivity contribution < 1.29 is 14.4 Å². The van der Waals surface area contributed by atoms with Gasteiger partial charge in [-0.25, -0.2) is 4.79 Å². The molecule has 6 nitrogen and oxygen atoms in total. The molecule has 3 aliphatic rings. The molecule has 1 spiro atoms. The number of hydrogen-bond acceptors (Lipinski definition) is 3. The van der Waals surface area contributed by atoms with Crippen LogP contribution in [-0.4, -0.2) is 40.9 Å². The van der Waals surface area contributed by atoms with Crippen molar-refractivity contribution in [3.8, 4) is 0 Å². The predicted molar refractivity (Wildman–Crippen MR) is 85.6 cm³/mol. The predicted octanol–water partition coefficient (Wildman–Crippen LogP) is 1.94. The van der Waals surface area contributed by atoms with Gasteiger partial charge in [-0.05, 0) is 44.4 Å². The summed E-state index contributed by atoms with van der Waals surface area (Å²) in [5, 5.41) is 5.83. The summed E-state index contributed by atoms with van der Waals surface area (Å²) >= 11 is 0. The summed E-state index contributed by atoms with van der Waals surface area (Å²) in [5.74, 6) is 0.288. The Balaban J connectivity index is 1.56. The summed E-state index contributed by atoms with van der Waals surface area (Å²) in [6, 6.07) is -0.229. The molecule has 128 valence electrons. The second kappa shape index (κ2) is 6.49. The van der Waals surface area contributed by atoms with E-state index in [0.717, 1.165) is 55.8 Å². The minimum absolute atomic E-state index is 0.154. The van der Waals surface area contributed by atoms with Crippen LogP contribution in [0.1, 0.15) is 64.7 Å². The van der Waals surface area contributed by atoms with Crippen molar-refractivity contribution in [2.45, 2.75) is 76.3 Å². The lowest BCUT2D eigenvalue weighted by molar-refractivity contribution is -0.136. The first kappa shape index (κ1) is 16.3. The number of carbonyl (C=O) groups is 3.